The molecule has 6 nitrogen and oxygen atoms in total. The average molecular weight is 558 g/mol. The smallest absolute Gasteiger partial charge is 0.268 e. The first-order valence-corrected chi connectivity index (χ1v) is 14.9. The Bertz CT molecular complexity index is 2030. The SMILES string of the molecule is COc1ccc(C2CC(c3cn(S(=O)(=O)c4cccc5ccccc45)c4ccccc34)=NN2c2ccccc2)cc1. The maximum absolute atomic E-state index is 14.2. The second-order valence-corrected chi connectivity index (χ2v) is 11.8. The highest BCUT2D eigenvalue weighted by atomic mass is 32.2. The Morgan fingerprint density at radius 2 is 1.44 bits per heavy atom. The second kappa shape index (κ2) is 9.94. The summed E-state index contributed by atoms with van der Waals surface area (Å²) in [5.41, 5.74) is 4.33. The summed E-state index contributed by atoms with van der Waals surface area (Å²) in [4.78, 5) is 0.276. The number of fused-ring (bicyclic) bond motifs is 2. The molecule has 2 heterocycles. The van der Waals surface area contributed by atoms with Crippen molar-refractivity contribution in [2.75, 3.05) is 12.1 Å². The molecule has 7 rings (SSSR count). The molecule has 1 aromatic heterocycles. The molecule has 0 saturated carbocycles. The fraction of sp³-hybridized carbons (Fsp3) is 0.0882. The molecule has 0 bridgehead atoms. The van der Waals surface area contributed by atoms with Crippen LogP contribution in [0.15, 0.2) is 138 Å². The molecule has 0 N–H and O–H groups in total. The Balaban J connectivity index is 1.38. The maximum Gasteiger partial charge on any atom is 0.268 e. The standard InChI is InChI=1S/C34H27N3O3S/c1-40-27-20-18-25(19-21-27)33-22-31(35-37(33)26-12-3-2-4-13-26)30-23-36(32-16-8-7-15-29(30)32)41(38,39)34-17-9-11-24-10-5-6-14-28(24)34/h2-21,23,33H,22H2,1H3. The lowest BCUT2D eigenvalue weighted by molar-refractivity contribution is 0.414. The number of anilines is 1. The van der Waals surface area contributed by atoms with E-state index in [4.69, 9.17) is 9.84 Å². The Morgan fingerprint density at radius 3 is 2.22 bits per heavy atom. The summed E-state index contributed by atoms with van der Waals surface area (Å²) in [6.07, 6.45) is 2.35. The molecule has 0 radical (unpaired) electrons. The van der Waals surface area contributed by atoms with Crippen LogP contribution in [0.4, 0.5) is 5.69 Å². The van der Waals surface area contributed by atoms with Crippen molar-refractivity contribution in [1.82, 2.24) is 3.97 Å². The highest BCUT2D eigenvalue weighted by molar-refractivity contribution is 7.90. The zero-order valence-corrected chi connectivity index (χ0v) is 23.2. The van der Waals surface area contributed by atoms with Gasteiger partial charge in [0, 0.05) is 29.0 Å². The quantitative estimate of drug-likeness (QED) is 0.214. The molecule has 1 unspecified atom stereocenters. The van der Waals surface area contributed by atoms with Crippen LogP contribution < -0.4 is 9.75 Å². The van der Waals surface area contributed by atoms with Crippen molar-refractivity contribution in [2.24, 2.45) is 5.10 Å². The highest BCUT2D eigenvalue weighted by Crippen LogP contribution is 2.39. The summed E-state index contributed by atoms with van der Waals surface area (Å²) in [5.74, 6) is 0.792. The van der Waals surface area contributed by atoms with E-state index >= 15 is 0 Å². The normalized spacial score (nSPS) is 15.4. The first kappa shape index (κ1) is 25.1. The molecule has 1 atom stereocenters. The van der Waals surface area contributed by atoms with E-state index in [9.17, 15) is 8.42 Å². The fourth-order valence-electron chi connectivity index (χ4n) is 5.68. The number of hydrogen-bond acceptors (Lipinski definition) is 5. The van der Waals surface area contributed by atoms with Crippen LogP contribution in [0.2, 0.25) is 0 Å². The number of nitrogens with zero attached hydrogens (tertiary/aromatic N) is 3. The van der Waals surface area contributed by atoms with Crippen LogP contribution in [0.25, 0.3) is 21.7 Å². The molecule has 202 valence electrons. The first-order valence-electron chi connectivity index (χ1n) is 13.4. The maximum atomic E-state index is 14.2. The lowest BCUT2D eigenvalue weighted by Gasteiger charge is -2.24. The molecular weight excluding hydrogens is 530 g/mol. The van der Waals surface area contributed by atoms with Gasteiger partial charge in [-0.25, -0.2) is 12.4 Å². The number of methoxy groups -OCH3 is 1. The van der Waals surface area contributed by atoms with Crippen molar-refractivity contribution in [3.05, 3.63) is 139 Å². The van der Waals surface area contributed by atoms with E-state index < -0.39 is 10.0 Å². The topological polar surface area (TPSA) is 63.9 Å². The third-order valence-electron chi connectivity index (χ3n) is 7.71. The van der Waals surface area contributed by atoms with Crippen LogP contribution in [-0.4, -0.2) is 25.2 Å². The molecule has 7 heteroatoms. The van der Waals surface area contributed by atoms with E-state index in [2.05, 4.69) is 12.1 Å². The van der Waals surface area contributed by atoms with Gasteiger partial charge < -0.3 is 4.74 Å². The third-order valence-corrected chi connectivity index (χ3v) is 9.44. The molecule has 1 aliphatic heterocycles. The molecule has 41 heavy (non-hydrogen) atoms. The number of para-hydroxylation sites is 2. The third kappa shape index (κ3) is 4.26. The summed E-state index contributed by atoms with van der Waals surface area (Å²) in [5, 5.41) is 9.56. The van der Waals surface area contributed by atoms with Gasteiger partial charge in [-0.05, 0) is 47.3 Å². The molecular formula is C34H27N3O3S. The molecule has 0 amide bonds. The van der Waals surface area contributed by atoms with Gasteiger partial charge in [-0.3, -0.25) is 5.01 Å². The largest absolute Gasteiger partial charge is 0.497 e. The predicted octanol–water partition coefficient (Wildman–Crippen LogP) is 7.40. The number of hydrogen-bond donors (Lipinski definition) is 0. The number of ether oxygens (including phenoxy) is 1. The number of hydrazone groups is 1. The fourth-order valence-corrected chi connectivity index (χ4v) is 7.27. The van der Waals surface area contributed by atoms with Gasteiger partial charge in [0.05, 0.1) is 35.0 Å². The monoisotopic (exact) mass is 557 g/mol. The summed E-state index contributed by atoms with van der Waals surface area (Å²) in [6, 6.07) is 38.6. The van der Waals surface area contributed by atoms with Crippen molar-refractivity contribution >= 4 is 43.1 Å². The van der Waals surface area contributed by atoms with Crippen molar-refractivity contribution in [3.8, 4) is 5.75 Å². The minimum atomic E-state index is -3.91. The Hall–Kier alpha value is -4.88. The van der Waals surface area contributed by atoms with Gasteiger partial charge in [0.15, 0.2) is 0 Å². The van der Waals surface area contributed by atoms with Crippen LogP contribution in [0, 0.1) is 0 Å². The zero-order valence-electron chi connectivity index (χ0n) is 22.4. The van der Waals surface area contributed by atoms with E-state index in [1.165, 1.54) is 3.97 Å². The highest BCUT2D eigenvalue weighted by Gasteiger charge is 2.32. The van der Waals surface area contributed by atoms with Crippen LogP contribution >= 0.6 is 0 Å². The summed E-state index contributed by atoms with van der Waals surface area (Å²) < 4.78 is 35.2. The Labute approximate surface area is 238 Å². The lowest BCUT2D eigenvalue weighted by Crippen LogP contribution is -2.18. The average Bonchev–Trinajstić information content (AvgIpc) is 3.64. The Kier molecular flexibility index (Phi) is 6.09. The number of aromatic nitrogens is 1. The molecule has 0 spiro atoms. The molecule has 6 aromatic rings. The molecule has 0 fully saturated rings. The second-order valence-electron chi connectivity index (χ2n) is 10.1. The van der Waals surface area contributed by atoms with E-state index in [0.717, 1.165) is 39.0 Å². The van der Waals surface area contributed by atoms with Crippen molar-refractivity contribution in [2.45, 2.75) is 17.4 Å². The van der Waals surface area contributed by atoms with Crippen LogP contribution in [0.1, 0.15) is 23.6 Å². The van der Waals surface area contributed by atoms with Gasteiger partial charge in [-0.1, -0.05) is 84.9 Å². The lowest BCUT2D eigenvalue weighted by atomic mass is 9.98. The van der Waals surface area contributed by atoms with E-state index in [1.54, 1.807) is 25.4 Å². The molecule has 1 aliphatic rings. The van der Waals surface area contributed by atoms with Crippen LogP contribution in [0.5, 0.6) is 5.75 Å². The van der Waals surface area contributed by atoms with Crippen LogP contribution in [-0.2, 0) is 10.0 Å². The minimum Gasteiger partial charge on any atom is -0.497 e. The van der Waals surface area contributed by atoms with E-state index in [-0.39, 0.29) is 10.9 Å². The van der Waals surface area contributed by atoms with Gasteiger partial charge >= 0.3 is 0 Å². The van der Waals surface area contributed by atoms with E-state index in [0.29, 0.717) is 17.3 Å². The zero-order chi connectivity index (χ0) is 28.0. The molecule has 5 aromatic carbocycles. The van der Waals surface area contributed by atoms with E-state index in [1.807, 2.05) is 102 Å². The van der Waals surface area contributed by atoms with Crippen molar-refractivity contribution < 1.29 is 13.2 Å². The first-order chi connectivity index (χ1) is 20.0. The minimum absolute atomic E-state index is 0.0601. The number of rotatable bonds is 6. The van der Waals surface area contributed by atoms with Crippen molar-refractivity contribution in [1.29, 1.82) is 0 Å². The van der Waals surface area contributed by atoms with Gasteiger partial charge in [0.1, 0.15) is 5.75 Å². The molecule has 0 aliphatic carbocycles. The summed E-state index contributed by atoms with van der Waals surface area (Å²) in [7, 11) is -2.25. The predicted molar refractivity (Wildman–Crippen MR) is 164 cm³/mol. The van der Waals surface area contributed by atoms with Gasteiger partial charge in [-0.2, -0.15) is 5.10 Å². The Morgan fingerprint density at radius 1 is 0.756 bits per heavy atom. The summed E-state index contributed by atoms with van der Waals surface area (Å²) in [6.45, 7) is 0. The van der Waals surface area contributed by atoms with Gasteiger partial charge in [-0.15, -0.1) is 0 Å². The van der Waals surface area contributed by atoms with Crippen LogP contribution in [0.3, 0.4) is 0 Å². The summed E-state index contributed by atoms with van der Waals surface area (Å²) >= 11 is 0. The van der Waals surface area contributed by atoms with Crippen molar-refractivity contribution in [3.63, 3.8) is 0 Å². The molecule has 0 saturated heterocycles. The van der Waals surface area contributed by atoms with Gasteiger partial charge in [0.25, 0.3) is 10.0 Å². The van der Waals surface area contributed by atoms with Gasteiger partial charge in [0.2, 0.25) is 0 Å². The number of benzene rings is 5.